The number of hydrogen-bond donors (Lipinski definition) is 0. The summed E-state index contributed by atoms with van der Waals surface area (Å²) >= 11 is 12.7. The Kier molecular flexibility index (Phi) is 14.0. The number of benzene rings is 2. The van der Waals surface area contributed by atoms with Crippen LogP contribution in [-0.2, 0) is 35.4 Å². The Labute approximate surface area is 338 Å². The minimum Gasteiger partial charge on any atom is -0.619 e. The number of aromatic nitrogens is 1. The summed E-state index contributed by atoms with van der Waals surface area (Å²) in [5.41, 5.74) is -0.704. The first kappa shape index (κ1) is 43.5. The second-order valence-electron chi connectivity index (χ2n) is 14.6. The molecule has 3 aromatic rings. The van der Waals surface area contributed by atoms with Gasteiger partial charge in [0.25, 0.3) is 0 Å². The number of anilines is 1. The Morgan fingerprint density at radius 2 is 1.54 bits per heavy atom. The standard InChI is InChI=1S/C38H42Cl2F2N2O12S/c1-38(2,3)56-37(47)44(57(4,49)50)29-11-9-25(16-32(29)52-20-22-5-6-22)35(46)51-14-13-34(45)54-31(17-26-27(39)18-43(48)19-28(26)40)24-10-12-30(55-36(41)42)33(15-24)53-21-23-7-8-23/h9-12,15-16,18-19,22-23,31,36H,5-8,13-14,17,20-21H2,1-4H3. The van der Waals surface area contributed by atoms with Gasteiger partial charge in [-0.25, -0.2) is 18.0 Å². The number of hydrogen-bond acceptors (Lipinski definition) is 12. The lowest BCUT2D eigenvalue weighted by Crippen LogP contribution is -2.40. The highest BCUT2D eigenvalue weighted by atomic mass is 35.5. The van der Waals surface area contributed by atoms with E-state index in [0.717, 1.165) is 44.3 Å². The van der Waals surface area contributed by atoms with Gasteiger partial charge in [-0.05, 0) is 94.2 Å². The number of halogens is 4. The zero-order valence-electron chi connectivity index (χ0n) is 31.5. The molecule has 14 nitrogen and oxygen atoms in total. The van der Waals surface area contributed by atoms with Crippen molar-refractivity contribution in [2.75, 3.05) is 30.4 Å². The van der Waals surface area contributed by atoms with E-state index >= 15 is 0 Å². The molecule has 2 aliphatic carbocycles. The molecule has 2 aliphatic rings. The predicted octanol–water partition coefficient (Wildman–Crippen LogP) is 7.58. The number of esters is 2. The molecular formula is C38H42Cl2F2N2O12S. The second kappa shape index (κ2) is 18.3. The van der Waals surface area contributed by atoms with Crippen LogP contribution in [0.3, 0.4) is 0 Å². The first-order valence-corrected chi connectivity index (χ1v) is 20.5. The van der Waals surface area contributed by atoms with Crippen LogP contribution in [0.2, 0.25) is 10.0 Å². The van der Waals surface area contributed by atoms with Gasteiger partial charge < -0.3 is 33.6 Å². The molecule has 0 aliphatic heterocycles. The topological polar surface area (TPSA) is 171 Å². The van der Waals surface area contributed by atoms with Crippen LogP contribution in [0.15, 0.2) is 48.8 Å². The minimum absolute atomic E-state index is 0.00501. The van der Waals surface area contributed by atoms with Crippen molar-refractivity contribution in [1.82, 2.24) is 0 Å². The first-order chi connectivity index (χ1) is 26.8. The van der Waals surface area contributed by atoms with Crippen LogP contribution in [0.4, 0.5) is 19.3 Å². The lowest BCUT2D eigenvalue weighted by Gasteiger charge is -2.27. The van der Waals surface area contributed by atoms with Gasteiger partial charge in [-0.2, -0.15) is 17.8 Å². The number of pyridine rings is 1. The number of carbonyl (C=O) groups excluding carboxylic acids is 3. The average molecular weight is 860 g/mol. The fourth-order valence-corrected chi connectivity index (χ4v) is 6.74. The molecule has 2 aromatic carbocycles. The number of amides is 1. The molecule has 1 heterocycles. The SMILES string of the molecule is CC(C)(C)OC(=O)N(c1ccc(C(=O)OCCC(=O)OC(Cc2c(Cl)c[n+]([O-])cc2Cl)c2ccc(OC(F)F)c(OCC3CC3)c2)cc1OCC1CC1)S(C)(=O)=O. The summed E-state index contributed by atoms with van der Waals surface area (Å²) in [6.45, 7) is 1.61. The van der Waals surface area contributed by atoms with Crippen molar-refractivity contribution in [3.8, 4) is 17.2 Å². The molecule has 2 saturated carbocycles. The van der Waals surface area contributed by atoms with Crippen molar-refractivity contribution >= 4 is 56.9 Å². The largest absolute Gasteiger partial charge is 0.619 e. The molecule has 310 valence electrons. The van der Waals surface area contributed by atoms with Crippen molar-refractivity contribution < 1.29 is 64.7 Å². The van der Waals surface area contributed by atoms with Gasteiger partial charge >= 0.3 is 24.6 Å². The highest BCUT2D eigenvalue weighted by Gasteiger charge is 2.34. The zero-order valence-corrected chi connectivity index (χ0v) is 33.8. The smallest absolute Gasteiger partial charge is 0.429 e. The maximum absolute atomic E-state index is 13.3. The van der Waals surface area contributed by atoms with Crippen molar-refractivity contribution in [2.24, 2.45) is 11.8 Å². The van der Waals surface area contributed by atoms with Gasteiger partial charge in [0.05, 0.1) is 31.5 Å². The van der Waals surface area contributed by atoms with Gasteiger partial charge in [0, 0.05) is 12.0 Å². The number of ether oxygens (including phenoxy) is 6. The molecule has 1 aromatic heterocycles. The third-order valence-electron chi connectivity index (χ3n) is 8.46. The molecule has 0 spiro atoms. The molecule has 1 unspecified atom stereocenters. The molecule has 2 fully saturated rings. The summed E-state index contributed by atoms with van der Waals surface area (Å²) in [5.74, 6) is -1.56. The van der Waals surface area contributed by atoms with Gasteiger partial charge in [0.15, 0.2) is 23.9 Å². The van der Waals surface area contributed by atoms with Gasteiger partial charge in [-0.3, -0.25) is 4.79 Å². The number of rotatable bonds is 18. The fraction of sp³-hybridized carbons (Fsp3) is 0.474. The van der Waals surface area contributed by atoms with Crippen molar-refractivity contribution in [1.29, 1.82) is 0 Å². The van der Waals surface area contributed by atoms with Crippen molar-refractivity contribution in [3.05, 3.63) is 80.7 Å². The first-order valence-electron chi connectivity index (χ1n) is 17.9. The Morgan fingerprint density at radius 1 is 0.930 bits per heavy atom. The van der Waals surface area contributed by atoms with Crippen LogP contribution >= 0.6 is 23.2 Å². The van der Waals surface area contributed by atoms with E-state index in [2.05, 4.69) is 4.74 Å². The summed E-state index contributed by atoms with van der Waals surface area (Å²) in [4.78, 5) is 39.5. The zero-order chi connectivity index (χ0) is 41.7. The van der Waals surface area contributed by atoms with Gasteiger partial charge in [-0.1, -0.05) is 29.3 Å². The quantitative estimate of drug-likeness (QED) is 0.0533. The van der Waals surface area contributed by atoms with E-state index in [1.54, 1.807) is 20.8 Å². The average Bonchev–Trinajstić information content (AvgIpc) is 4.03. The molecular weight excluding hydrogens is 817 g/mol. The second-order valence-corrected chi connectivity index (χ2v) is 17.3. The van der Waals surface area contributed by atoms with Crippen LogP contribution in [0.1, 0.15) is 80.5 Å². The summed E-state index contributed by atoms with van der Waals surface area (Å²) in [6, 6.07) is 7.75. The highest BCUT2D eigenvalue weighted by molar-refractivity contribution is 7.92. The molecule has 0 radical (unpaired) electrons. The van der Waals surface area contributed by atoms with Gasteiger partial charge in [0.1, 0.15) is 39.8 Å². The van der Waals surface area contributed by atoms with E-state index in [1.165, 1.54) is 36.4 Å². The number of alkyl halides is 2. The third-order valence-corrected chi connectivity index (χ3v) is 10.1. The van der Waals surface area contributed by atoms with E-state index in [1.807, 2.05) is 0 Å². The molecule has 0 bridgehead atoms. The minimum atomic E-state index is -4.22. The number of nitrogens with zero attached hydrogens (tertiary/aromatic N) is 2. The Bertz CT molecular complexity index is 2050. The van der Waals surface area contributed by atoms with Crippen LogP contribution in [0.25, 0.3) is 0 Å². The lowest BCUT2D eigenvalue weighted by atomic mass is 10.0. The Hall–Kier alpha value is -4.61. The summed E-state index contributed by atoms with van der Waals surface area (Å²) in [6.07, 6.45) is 3.71. The molecule has 57 heavy (non-hydrogen) atoms. The summed E-state index contributed by atoms with van der Waals surface area (Å²) in [7, 11) is -4.22. The molecule has 1 amide bonds. The van der Waals surface area contributed by atoms with Gasteiger partial charge in [0.2, 0.25) is 10.0 Å². The van der Waals surface area contributed by atoms with E-state index in [4.69, 9.17) is 46.9 Å². The van der Waals surface area contributed by atoms with E-state index in [0.29, 0.717) is 14.6 Å². The summed E-state index contributed by atoms with van der Waals surface area (Å²) in [5, 5.41) is 11.8. The maximum atomic E-state index is 13.3. The highest BCUT2D eigenvalue weighted by Crippen LogP contribution is 2.39. The number of sulfonamides is 1. The van der Waals surface area contributed by atoms with Crippen LogP contribution in [0.5, 0.6) is 17.2 Å². The predicted molar refractivity (Wildman–Crippen MR) is 202 cm³/mol. The Morgan fingerprint density at radius 3 is 2.11 bits per heavy atom. The maximum Gasteiger partial charge on any atom is 0.429 e. The van der Waals surface area contributed by atoms with Crippen molar-refractivity contribution in [3.63, 3.8) is 0 Å². The van der Waals surface area contributed by atoms with E-state index in [9.17, 15) is 36.8 Å². The molecule has 0 saturated heterocycles. The fourth-order valence-electron chi connectivity index (χ4n) is 5.32. The molecule has 19 heteroatoms. The van der Waals surface area contributed by atoms with Crippen LogP contribution < -0.4 is 23.2 Å². The van der Waals surface area contributed by atoms with E-state index < -0.39 is 59.4 Å². The van der Waals surface area contributed by atoms with E-state index in [-0.39, 0.29) is 75.6 Å². The molecule has 1 atom stereocenters. The number of carbonyl (C=O) groups is 3. The summed E-state index contributed by atoms with van der Waals surface area (Å²) < 4.78 is 85.7. The molecule has 5 rings (SSSR count). The normalized spacial score (nSPS) is 14.8. The van der Waals surface area contributed by atoms with Gasteiger partial charge in [-0.15, -0.1) is 0 Å². The van der Waals surface area contributed by atoms with Crippen molar-refractivity contribution in [2.45, 2.75) is 77.6 Å². The molecule has 0 N–H and O–H groups in total. The lowest BCUT2D eigenvalue weighted by molar-refractivity contribution is -0.605. The third kappa shape index (κ3) is 12.9. The van der Waals surface area contributed by atoms with Crippen LogP contribution in [0, 0.1) is 17.0 Å². The monoisotopic (exact) mass is 858 g/mol. The van der Waals surface area contributed by atoms with Crippen LogP contribution in [-0.4, -0.2) is 64.7 Å². The Balaban J connectivity index is 1.32.